The standard InChI is InChI=1S/C26H26O13.C10H6O8/c1-9-3-11(13-7-17(27)37-23(13)33)5-15(19(9)21(29)30)25(35)39-26(36)16-6-12(4-10(2)20(16)22(31)32)14-8-18(28)38-24(14)34;11-7(12)3-1-2-4(8(13)14)6(10(17)18)5(3)9(15)16/h9-14H,3-8H2,1-2H3,(H,29,30)(H,31,32);1-2H,(H,11,12)(H,13,14)(H,15,16)(H,17,18). The van der Waals surface area contributed by atoms with Crippen molar-refractivity contribution in [3.63, 3.8) is 0 Å². The Hall–Kier alpha value is -7.06. The number of carboxylic acid groups (broad SMARTS) is 6. The second-order valence-corrected chi connectivity index (χ2v) is 13.6. The summed E-state index contributed by atoms with van der Waals surface area (Å²) in [6.45, 7) is 3.04. The summed E-state index contributed by atoms with van der Waals surface area (Å²) < 4.78 is 14.2. The number of carboxylic acids is 6. The van der Waals surface area contributed by atoms with Crippen LogP contribution in [0.1, 0.15) is 93.8 Å². The lowest BCUT2D eigenvalue weighted by Crippen LogP contribution is -2.34. The zero-order valence-electron chi connectivity index (χ0n) is 29.7. The van der Waals surface area contributed by atoms with E-state index in [1.165, 1.54) is 13.8 Å². The maximum atomic E-state index is 13.2. The number of cyclic esters (lactones) is 4. The molecule has 21 heteroatoms. The van der Waals surface area contributed by atoms with Crippen LogP contribution in [0.2, 0.25) is 0 Å². The van der Waals surface area contributed by atoms with Gasteiger partial charge >= 0.3 is 71.6 Å². The van der Waals surface area contributed by atoms with Gasteiger partial charge in [-0.15, -0.1) is 0 Å². The van der Waals surface area contributed by atoms with Crippen molar-refractivity contribution in [3.8, 4) is 0 Å². The van der Waals surface area contributed by atoms with Gasteiger partial charge in [0, 0.05) is 11.1 Å². The van der Waals surface area contributed by atoms with Crippen molar-refractivity contribution in [2.75, 3.05) is 0 Å². The molecule has 302 valence electrons. The molecule has 0 aromatic heterocycles. The summed E-state index contributed by atoms with van der Waals surface area (Å²) in [5.74, 6) is -19.9. The molecule has 2 heterocycles. The van der Waals surface area contributed by atoms with E-state index in [1.807, 2.05) is 0 Å². The molecule has 6 N–H and O–H groups in total. The van der Waals surface area contributed by atoms with Crippen molar-refractivity contribution in [2.24, 2.45) is 35.5 Å². The Balaban J connectivity index is 0.000000335. The minimum absolute atomic E-state index is 0.170. The summed E-state index contributed by atoms with van der Waals surface area (Å²) in [5.41, 5.74) is -5.05. The Labute approximate surface area is 318 Å². The number of rotatable bonds is 10. The number of benzene rings is 1. The van der Waals surface area contributed by atoms with Crippen LogP contribution in [0.15, 0.2) is 34.4 Å². The quantitative estimate of drug-likeness (QED) is 0.111. The molecule has 2 fully saturated rings. The van der Waals surface area contributed by atoms with Crippen LogP contribution in [0.5, 0.6) is 0 Å². The third-order valence-corrected chi connectivity index (χ3v) is 10.1. The first-order valence-electron chi connectivity index (χ1n) is 16.8. The highest BCUT2D eigenvalue weighted by molar-refractivity contribution is 6.14. The van der Waals surface area contributed by atoms with E-state index >= 15 is 0 Å². The molecule has 4 aliphatic rings. The van der Waals surface area contributed by atoms with Crippen LogP contribution in [0, 0.1) is 35.5 Å². The first-order valence-corrected chi connectivity index (χ1v) is 16.8. The number of esters is 6. The van der Waals surface area contributed by atoms with Gasteiger partial charge < -0.3 is 44.8 Å². The molecular formula is C36H32O21. The average molecular weight is 801 g/mol. The topological polar surface area (TPSA) is 354 Å². The monoisotopic (exact) mass is 800 g/mol. The van der Waals surface area contributed by atoms with Crippen LogP contribution >= 0.6 is 0 Å². The fraction of sp³-hybridized carbons (Fsp3) is 0.389. The highest BCUT2D eigenvalue weighted by atomic mass is 16.6. The molecule has 6 atom stereocenters. The van der Waals surface area contributed by atoms with E-state index < -0.39 is 129 Å². The van der Waals surface area contributed by atoms with E-state index in [9.17, 15) is 67.7 Å². The Morgan fingerprint density at radius 3 is 1.11 bits per heavy atom. The minimum atomic E-state index is -1.83. The molecule has 0 radical (unpaired) electrons. The summed E-state index contributed by atoms with van der Waals surface area (Å²) >= 11 is 0. The van der Waals surface area contributed by atoms with Crippen LogP contribution in [0.3, 0.4) is 0 Å². The zero-order valence-corrected chi connectivity index (χ0v) is 29.7. The molecule has 5 rings (SSSR count). The number of carbonyl (C=O) groups is 12. The van der Waals surface area contributed by atoms with Gasteiger partial charge in [-0.05, 0) is 61.5 Å². The predicted molar refractivity (Wildman–Crippen MR) is 177 cm³/mol. The van der Waals surface area contributed by atoms with Crippen molar-refractivity contribution in [1.29, 1.82) is 0 Å². The molecule has 2 aliphatic carbocycles. The SMILES string of the molecule is CC1CC(C2CC(=O)OC2=O)CC(C(=O)OC(=O)C2=C(C(=O)O)C(C)CC(C3CC(=O)OC3=O)C2)=C1C(=O)O.O=C(O)c1ccc(C(=O)O)c(C(=O)O)c1C(=O)O. The number of ether oxygens (including phenoxy) is 3. The Bertz CT molecular complexity index is 1970. The predicted octanol–water partition coefficient (Wildman–Crippen LogP) is 1.57. The Kier molecular flexibility index (Phi) is 12.5. The summed E-state index contributed by atoms with van der Waals surface area (Å²) in [5, 5.41) is 54.7. The fourth-order valence-corrected chi connectivity index (χ4v) is 7.64. The number of hydrogen-bond acceptors (Lipinski definition) is 15. The number of aliphatic carboxylic acids is 2. The molecule has 2 aliphatic heterocycles. The normalized spacial score (nSPS) is 24.5. The molecule has 2 saturated heterocycles. The highest BCUT2D eigenvalue weighted by Crippen LogP contribution is 2.43. The molecule has 0 bridgehead atoms. The van der Waals surface area contributed by atoms with Crippen molar-refractivity contribution in [1.82, 2.24) is 0 Å². The van der Waals surface area contributed by atoms with Gasteiger partial charge in [-0.2, -0.15) is 0 Å². The number of hydrogen-bond donors (Lipinski definition) is 6. The largest absolute Gasteiger partial charge is 0.478 e. The molecule has 0 amide bonds. The second kappa shape index (κ2) is 16.8. The number of carbonyl (C=O) groups excluding carboxylic acids is 6. The fourth-order valence-electron chi connectivity index (χ4n) is 7.64. The molecule has 0 saturated carbocycles. The van der Waals surface area contributed by atoms with Gasteiger partial charge in [0.1, 0.15) is 0 Å². The second-order valence-electron chi connectivity index (χ2n) is 13.6. The van der Waals surface area contributed by atoms with Crippen molar-refractivity contribution >= 4 is 71.6 Å². The van der Waals surface area contributed by atoms with E-state index in [-0.39, 0.29) is 60.8 Å². The van der Waals surface area contributed by atoms with Gasteiger partial charge in [0.15, 0.2) is 0 Å². The molecule has 21 nitrogen and oxygen atoms in total. The lowest BCUT2D eigenvalue weighted by molar-refractivity contribution is -0.157. The summed E-state index contributed by atoms with van der Waals surface area (Å²) in [6, 6.07) is 1.48. The smallest absolute Gasteiger partial charge is 0.342 e. The molecule has 0 spiro atoms. The lowest BCUT2D eigenvalue weighted by atomic mass is 9.71. The molecule has 1 aromatic carbocycles. The summed E-state index contributed by atoms with van der Waals surface area (Å²) in [6.07, 6.45) is -0.650. The van der Waals surface area contributed by atoms with Crippen molar-refractivity contribution in [2.45, 2.75) is 52.4 Å². The third-order valence-electron chi connectivity index (χ3n) is 10.1. The summed E-state index contributed by atoms with van der Waals surface area (Å²) in [7, 11) is 0. The van der Waals surface area contributed by atoms with E-state index in [0.29, 0.717) is 0 Å². The Morgan fingerprint density at radius 1 is 0.526 bits per heavy atom. The zero-order chi connectivity index (χ0) is 42.8. The van der Waals surface area contributed by atoms with Gasteiger partial charge in [-0.25, -0.2) is 38.4 Å². The van der Waals surface area contributed by atoms with Crippen molar-refractivity contribution < 1.29 is 102 Å². The first kappa shape index (κ1) is 42.7. The summed E-state index contributed by atoms with van der Waals surface area (Å²) in [4.78, 5) is 141. The maximum Gasteiger partial charge on any atom is 0.342 e. The first-order chi connectivity index (χ1) is 26.5. The van der Waals surface area contributed by atoms with Crippen LogP contribution in [-0.4, -0.2) is 102 Å². The van der Waals surface area contributed by atoms with E-state index in [4.69, 9.17) is 25.2 Å². The molecular weight excluding hydrogens is 768 g/mol. The molecule has 1 aromatic rings. The van der Waals surface area contributed by atoms with Gasteiger partial charge in [0.2, 0.25) is 0 Å². The van der Waals surface area contributed by atoms with Gasteiger partial charge in [-0.1, -0.05) is 13.8 Å². The third kappa shape index (κ3) is 8.92. The molecule has 6 unspecified atom stereocenters. The molecule has 57 heavy (non-hydrogen) atoms. The van der Waals surface area contributed by atoms with Gasteiger partial charge in [0.25, 0.3) is 0 Å². The Morgan fingerprint density at radius 2 is 0.860 bits per heavy atom. The van der Waals surface area contributed by atoms with Crippen LogP contribution in [-0.2, 0) is 52.6 Å². The van der Waals surface area contributed by atoms with Crippen LogP contribution < -0.4 is 0 Å². The van der Waals surface area contributed by atoms with E-state index in [0.717, 1.165) is 12.1 Å². The van der Waals surface area contributed by atoms with Gasteiger partial charge in [0.05, 0.1) is 58.1 Å². The van der Waals surface area contributed by atoms with Crippen molar-refractivity contribution in [3.05, 3.63) is 56.7 Å². The highest BCUT2D eigenvalue weighted by Gasteiger charge is 2.47. The lowest BCUT2D eigenvalue weighted by Gasteiger charge is -2.32. The minimum Gasteiger partial charge on any atom is -0.478 e. The van der Waals surface area contributed by atoms with E-state index in [2.05, 4.69) is 9.47 Å². The van der Waals surface area contributed by atoms with Crippen LogP contribution in [0.25, 0.3) is 0 Å². The van der Waals surface area contributed by atoms with E-state index in [1.54, 1.807) is 0 Å². The number of aromatic carboxylic acids is 4. The van der Waals surface area contributed by atoms with Crippen LogP contribution in [0.4, 0.5) is 0 Å². The average Bonchev–Trinajstić information content (AvgIpc) is 3.64. The van der Waals surface area contributed by atoms with Gasteiger partial charge in [-0.3, -0.25) is 19.2 Å². The maximum absolute atomic E-state index is 13.2.